The van der Waals surface area contributed by atoms with E-state index in [9.17, 15) is 19.8 Å². The number of hydrogen-bond donors (Lipinski definition) is 3. The fraction of sp³-hybridized carbons (Fsp3) is 0.615. The number of fused-ring (bicyclic) bond motifs is 5. The van der Waals surface area contributed by atoms with Gasteiger partial charge in [-0.05, 0) is 104 Å². The van der Waals surface area contributed by atoms with Crippen molar-refractivity contribution >= 4 is 46.7 Å². The summed E-state index contributed by atoms with van der Waals surface area (Å²) in [6.45, 7) is 6.36. The zero-order chi connectivity index (χ0) is 39.1. The Bertz CT molecular complexity index is 1830. The lowest BCUT2D eigenvalue weighted by molar-refractivity contribution is -0.201. The van der Waals surface area contributed by atoms with E-state index in [1.807, 2.05) is 6.07 Å². The number of nitrogens with zero attached hydrogens (tertiary/aromatic N) is 3. The highest BCUT2D eigenvalue weighted by Crippen LogP contribution is 2.70. The number of hydrogen-bond acceptors (Lipinski definition) is 10. The molecule has 11 atom stereocenters. The Kier molecular flexibility index (Phi) is 11.9. The van der Waals surface area contributed by atoms with Crippen LogP contribution in [0, 0.1) is 34.0 Å². The summed E-state index contributed by atoms with van der Waals surface area (Å²) < 4.78 is 19.3. The number of alkyl halides is 3. The molecule has 1 aromatic heterocycles. The first-order valence-corrected chi connectivity index (χ1v) is 19.6. The van der Waals surface area contributed by atoms with E-state index in [2.05, 4.69) is 29.9 Å². The second-order valence-corrected chi connectivity index (χ2v) is 18.1. The van der Waals surface area contributed by atoms with Crippen LogP contribution in [0.2, 0.25) is 0 Å². The van der Waals surface area contributed by atoms with Gasteiger partial charge in [-0.25, -0.2) is 9.59 Å². The van der Waals surface area contributed by atoms with Crippen molar-refractivity contribution in [2.45, 2.75) is 112 Å². The quantitative estimate of drug-likeness (QED) is 0.0393. The Morgan fingerprint density at radius 3 is 2.44 bits per heavy atom. The van der Waals surface area contributed by atoms with Crippen LogP contribution in [0.3, 0.4) is 0 Å². The Labute approximate surface area is 329 Å². The second kappa shape index (κ2) is 15.8. The summed E-state index contributed by atoms with van der Waals surface area (Å²) in [6.07, 6.45) is 9.04. The van der Waals surface area contributed by atoms with Gasteiger partial charge < -0.3 is 28.8 Å². The third-order valence-electron chi connectivity index (χ3n) is 13.2. The zero-order valence-electron chi connectivity index (χ0n) is 30.5. The molecule has 15 heteroatoms. The topological polar surface area (TPSA) is 188 Å². The van der Waals surface area contributed by atoms with Gasteiger partial charge in [0.1, 0.15) is 0 Å². The van der Waals surface area contributed by atoms with Gasteiger partial charge in [0.05, 0.1) is 36.2 Å². The molecule has 4 aliphatic carbocycles. The molecular weight excluding hydrogens is 759 g/mol. The standard InChI is InChI=1S/C24H32O4.C15H15Cl3N4O4/c1-22-10-7-17(25)13-16(22)4-5-20-19(22)8-11-23(2)18(9-12-24(20,23)27)15-3-6-21(26)28-14-15;1-8-10(21-22-20)7-24-13(26-14(19)15(16,17)18)11(8)25-12(23)9-5-3-2-4-6-9/h3,6,13-14,17-20,25,27H,4-5,7-12H2,1-2H3;2-6,8,10-11,13,19H,7H2,1H3/t17-,18+,19?,20?,22-,23+,24-;8-,10+,11+,13?/m01/s1. The van der Waals surface area contributed by atoms with Crippen molar-refractivity contribution in [3.63, 3.8) is 0 Å². The maximum Gasteiger partial charge on any atom is 0.338 e. The minimum atomic E-state index is -2.09. The van der Waals surface area contributed by atoms with Gasteiger partial charge in [0.15, 0.2) is 6.10 Å². The second-order valence-electron chi connectivity index (χ2n) is 15.8. The number of esters is 1. The van der Waals surface area contributed by atoms with Gasteiger partial charge in [0, 0.05) is 22.3 Å². The molecule has 1 saturated heterocycles. The summed E-state index contributed by atoms with van der Waals surface area (Å²) in [5.41, 5.74) is 10.4. The van der Waals surface area contributed by atoms with Crippen molar-refractivity contribution in [3.8, 4) is 0 Å². The van der Waals surface area contributed by atoms with Crippen LogP contribution >= 0.6 is 34.8 Å². The average Bonchev–Trinajstić information content (AvgIpc) is 3.42. The van der Waals surface area contributed by atoms with E-state index in [-0.39, 0.29) is 35.1 Å². The minimum absolute atomic E-state index is 0.00240. The summed E-state index contributed by atoms with van der Waals surface area (Å²) in [5, 5.41) is 33.6. The molecule has 292 valence electrons. The Morgan fingerprint density at radius 2 is 1.78 bits per heavy atom. The molecule has 0 amide bonds. The summed E-state index contributed by atoms with van der Waals surface area (Å²) >= 11 is 16.9. The smallest absolute Gasteiger partial charge is 0.338 e. The average molecular weight is 806 g/mol. The normalized spacial score (nSPS) is 37.1. The van der Waals surface area contributed by atoms with Crippen molar-refractivity contribution in [3.05, 3.63) is 92.4 Å². The fourth-order valence-electron chi connectivity index (χ4n) is 10.1. The highest BCUT2D eigenvalue weighted by Gasteiger charge is 2.66. The van der Waals surface area contributed by atoms with E-state index in [4.69, 9.17) is 64.4 Å². The van der Waals surface area contributed by atoms with Crippen molar-refractivity contribution in [1.29, 1.82) is 5.41 Å². The predicted octanol–water partition coefficient (Wildman–Crippen LogP) is 8.41. The third-order valence-corrected chi connectivity index (χ3v) is 13.7. The minimum Gasteiger partial charge on any atom is -0.452 e. The third kappa shape index (κ3) is 7.68. The summed E-state index contributed by atoms with van der Waals surface area (Å²) in [5.74, 6) is -0.722. The number of azide groups is 1. The van der Waals surface area contributed by atoms with Crippen molar-refractivity contribution in [2.75, 3.05) is 6.61 Å². The van der Waals surface area contributed by atoms with Crippen LogP contribution in [-0.2, 0) is 14.2 Å². The van der Waals surface area contributed by atoms with Gasteiger partial charge in [-0.3, -0.25) is 5.41 Å². The first-order chi connectivity index (χ1) is 25.5. The number of carbonyl (C=O) groups is 1. The molecule has 3 saturated carbocycles. The molecule has 0 bridgehead atoms. The maximum atomic E-state index is 12.4. The summed E-state index contributed by atoms with van der Waals surface area (Å²) in [4.78, 5) is 26.6. The van der Waals surface area contributed by atoms with Gasteiger partial charge in [-0.15, -0.1) is 0 Å². The molecule has 0 radical (unpaired) electrons. The highest BCUT2D eigenvalue weighted by atomic mass is 35.6. The van der Waals surface area contributed by atoms with E-state index >= 15 is 0 Å². The van der Waals surface area contributed by atoms with Crippen molar-refractivity contribution in [1.82, 2.24) is 0 Å². The molecule has 2 aromatic rings. The molecule has 1 aromatic carbocycles. The van der Waals surface area contributed by atoms with Crippen molar-refractivity contribution in [2.24, 2.45) is 33.7 Å². The number of carbonyl (C=O) groups excluding carboxylic acids is 1. The van der Waals surface area contributed by atoms with Gasteiger partial charge in [0.25, 0.3) is 3.79 Å². The van der Waals surface area contributed by atoms with E-state index in [1.54, 1.807) is 43.5 Å². The van der Waals surface area contributed by atoms with Gasteiger partial charge in [0.2, 0.25) is 12.2 Å². The lowest BCUT2D eigenvalue weighted by Crippen LogP contribution is -2.60. The molecule has 7 rings (SSSR count). The summed E-state index contributed by atoms with van der Waals surface area (Å²) in [6, 6.07) is 11.1. The molecule has 12 nitrogen and oxygen atoms in total. The number of nitrogens with one attached hydrogen (secondary N) is 1. The lowest BCUT2D eigenvalue weighted by atomic mass is 9.45. The number of benzene rings is 1. The van der Waals surface area contributed by atoms with E-state index in [1.165, 1.54) is 11.6 Å². The number of rotatable bonds is 5. The first kappa shape index (κ1) is 40.6. The molecule has 4 fully saturated rings. The molecule has 1 aliphatic heterocycles. The van der Waals surface area contributed by atoms with E-state index in [0.29, 0.717) is 17.4 Å². The van der Waals surface area contributed by atoms with E-state index < -0.39 is 45.6 Å². The number of ether oxygens (including phenoxy) is 3. The van der Waals surface area contributed by atoms with Crippen molar-refractivity contribution < 1.29 is 33.6 Å². The van der Waals surface area contributed by atoms with Gasteiger partial charge >= 0.3 is 11.6 Å². The maximum absolute atomic E-state index is 12.4. The SMILES string of the molecule is C[C@@H]1[C@@H](N=[N+]=[N-])COC(OC(=N)C(Cl)(Cl)Cl)[C@H]1OC(=O)c1ccccc1.C[C@]12CC[C@H](O)C=C1CCC1C2CC[C@]2(C)[C@@H](c3ccc(=O)oc3)CC[C@]12O. The molecule has 54 heavy (non-hydrogen) atoms. The predicted molar refractivity (Wildman–Crippen MR) is 203 cm³/mol. The van der Waals surface area contributed by atoms with Crippen LogP contribution < -0.4 is 5.63 Å². The molecule has 0 spiro atoms. The van der Waals surface area contributed by atoms with Gasteiger partial charge in [-0.1, -0.05) is 90.5 Å². The van der Waals surface area contributed by atoms with Crippen LogP contribution in [0.4, 0.5) is 0 Å². The number of halogens is 3. The molecule has 3 N–H and O–H groups in total. The first-order valence-electron chi connectivity index (χ1n) is 18.5. The molecule has 3 unspecified atom stereocenters. The fourth-order valence-corrected chi connectivity index (χ4v) is 10.2. The van der Waals surface area contributed by atoms with Crippen LogP contribution in [-0.4, -0.2) is 62.6 Å². The van der Waals surface area contributed by atoms with Crippen LogP contribution in [0.25, 0.3) is 10.4 Å². The largest absolute Gasteiger partial charge is 0.452 e. The molecular formula is C39H47Cl3N4O8. The van der Waals surface area contributed by atoms with Crippen LogP contribution in [0.5, 0.6) is 0 Å². The zero-order valence-corrected chi connectivity index (χ0v) is 32.8. The van der Waals surface area contributed by atoms with E-state index in [0.717, 1.165) is 56.9 Å². The molecule has 2 heterocycles. The number of aliphatic hydroxyl groups is 2. The lowest BCUT2D eigenvalue weighted by Gasteiger charge is -2.61. The Balaban J connectivity index is 0.000000185. The summed E-state index contributed by atoms with van der Waals surface area (Å²) in [7, 11) is 0. The monoisotopic (exact) mass is 804 g/mol. The van der Waals surface area contributed by atoms with Crippen LogP contribution in [0.15, 0.2) is 74.7 Å². The highest BCUT2D eigenvalue weighted by molar-refractivity contribution is 6.76. The Morgan fingerprint density at radius 1 is 1.04 bits per heavy atom. The van der Waals surface area contributed by atoms with Gasteiger partial charge in [-0.2, -0.15) is 0 Å². The molecule has 5 aliphatic rings. The Hall–Kier alpha value is -3.09. The number of allylic oxidation sites excluding steroid dienone is 1. The number of aliphatic hydroxyl groups excluding tert-OH is 1. The van der Waals surface area contributed by atoms with Crippen LogP contribution in [0.1, 0.15) is 94.0 Å².